The van der Waals surface area contributed by atoms with Crippen molar-refractivity contribution in [2.45, 2.75) is 25.6 Å². The number of likely N-dealkylation sites (tertiary alicyclic amines) is 1. The van der Waals surface area contributed by atoms with Gasteiger partial charge < -0.3 is 10.0 Å². The number of nitrogens with zero attached hydrogens (tertiary/aromatic N) is 4. The Morgan fingerprint density at radius 1 is 1.43 bits per heavy atom. The zero-order valence-electron chi connectivity index (χ0n) is 12.5. The normalized spacial score (nSPS) is 21.0. The highest BCUT2D eigenvalue weighted by Gasteiger charge is 2.36. The van der Waals surface area contributed by atoms with E-state index in [1.807, 2.05) is 0 Å². The Balaban J connectivity index is 1.85. The third-order valence-corrected chi connectivity index (χ3v) is 3.84. The molecule has 23 heavy (non-hydrogen) atoms. The molecule has 0 spiro atoms. The van der Waals surface area contributed by atoms with Crippen LogP contribution in [-0.2, 0) is 0 Å². The first-order valence-corrected chi connectivity index (χ1v) is 7.23. The van der Waals surface area contributed by atoms with E-state index in [-0.39, 0.29) is 25.3 Å². The van der Waals surface area contributed by atoms with Gasteiger partial charge in [0.25, 0.3) is 5.91 Å². The van der Waals surface area contributed by atoms with Crippen molar-refractivity contribution in [3.8, 4) is 5.69 Å². The Labute approximate surface area is 131 Å². The number of carbonyl (C=O) groups is 1. The molecule has 1 amide bonds. The van der Waals surface area contributed by atoms with Gasteiger partial charge in [-0.1, -0.05) is 5.21 Å². The average molecular weight is 322 g/mol. The van der Waals surface area contributed by atoms with Crippen molar-refractivity contribution in [3.05, 3.63) is 41.5 Å². The monoisotopic (exact) mass is 322 g/mol. The maximum absolute atomic E-state index is 13.5. The summed E-state index contributed by atoms with van der Waals surface area (Å²) in [7, 11) is 0. The van der Waals surface area contributed by atoms with Crippen molar-refractivity contribution >= 4 is 5.91 Å². The van der Waals surface area contributed by atoms with E-state index in [1.54, 1.807) is 13.0 Å². The fourth-order valence-corrected chi connectivity index (χ4v) is 2.77. The van der Waals surface area contributed by atoms with Gasteiger partial charge in [-0.05, 0) is 30.7 Å². The second-order valence-corrected chi connectivity index (χ2v) is 5.66. The summed E-state index contributed by atoms with van der Waals surface area (Å²) >= 11 is 0. The molecule has 0 bridgehead atoms. The number of hydrogen-bond acceptors (Lipinski definition) is 4. The highest BCUT2D eigenvalue weighted by atomic mass is 19.1. The van der Waals surface area contributed by atoms with Gasteiger partial charge in [0.05, 0.1) is 31.1 Å². The summed E-state index contributed by atoms with van der Waals surface area (Å²) in [6, 6.07) is 3.80. The first-order chi connectivity index (χ1) is 11.0. The van der Waals surface area contributed by atoms with Crippen molar-refractivity contribution in [1.29, 1.82) is 0 Å². The standard InChI is InChI=1S/C15H16F2N4O2/c1-9-2-10(16)4-12(3-9)21-7-14(18-19-21)15(23)20-6-11(17)5-13(20)8-22/h2-4,7,11,13,22H,5-6,8H2,1H3/t11-,13-/m0/s1. The molecule has 3 rings (SSSR count). The molecule has 1 aliphatic rings. The fourth-order valence-electron chi connectivity index (χ4n) is 2.77. The molecule has 0 unspecified atom stereocenters. The lowest BCUT2D eigenvalue weighted by Gasteiger charge is -2.21. The highest BCUT2D eigenvalue weighted by Crippen LogP contribution is 2.22. The number of carbonyl (C=O) groups excluding carboxylic acids is 1. The van der Waals surface area contributed by atoms with E-state index in [4.69, 9.17) is 0 Å². The number of aliphatic hydroxyl groups excluding tert-OH is 1. The molecule has 1 aliphatic heterocycles. The Morgan fingerprint density at radius 3 is 2.91 bits per heavy atom. The van der Waals surface area contributed by atoms with Gasteiger partial charge in [0, 0.05) is 6.42 Å². The first-order valence-electron chi connectivity index (χ1n) is 7.23. The third kappa shape index (κ3) is 3.07. The second kappa shape index (κ2) is 6.04. The molecule has 8 heteroatoms. The lowest BCUT2D eigenvalue weighted by atomic mass is 10.2. The molecule has 1 aromatic heterocycles. The molecule has 1 saturated heterocycles. The predicted octanol–water partition coefficient (Wildman–Crippen LogP) is 1.26. The van der Waals surface area contributed by atoms with Gasteiger partial charge in [-0.25, -0.2) is 13.5 Å². The number of hydrogen-bond donors (Lipinski definition) is 1. The van der Waals surface area contributed by atoms with Crippen LogP contribution in [0.4, 0.5) is 8.78 Å². The van der Waals surface area contributed by atoms with Gasteiger partial charge in [-0.2, -0.15) is 0 Å². The Hall–Kier alpha value is -2.35. The van der Waals surface area contributed by atoms with E-state index in [1.165, 1.54) is 27.9 Å². The molecule has 1 N–H and O–H groups in total. The van der Waals surface area contributed by atoms with Crippen molar-refractivity contribution in [1.82, 2.24) is 19.9 Å². The minimum atomic E-state index is -1.16. The number of alkyl halides is 1. The summed E-state index contributed by atoms with van der Waals surface area (Å²) in [5, 5.41) is 16.9. The number of rotatable bonds is 3. The SMILES string of the molecule is Cc1cc(F)cc(-n2cc(C(=O)N3C[C@@H](F)C[C@H]3CO)nn2)c1. The maximum atomic E-state index is 13.5. The van der Waals surface area contributed by atoms with Crippen LogP contribution in [-0.4, -0.2) is 56.3 Å². The minimum absolute atomic E-state index is 0.0273. The van der Waals surface area contributed by atoms with Crippen molar-refractivity contribution in [3.63, 3.8) is 0 Å². The summed E-state index contributed by atoms with van der Waals surface area (Å²) in [6.07, 6.45) is 0.327. The molecule has 1 aromatic carbocycles. The zero-order chi connectivity index (χ0) is 16.6. The third-order valence-electron chi connectivity index (χ3n) is 3.84. The van der Waals surface area contributed by atoms with Gasteiger partial charge in [-0.15, -0.1) is 5.10 Å². The summed E-state index contributed by atoms with van der Waals surface area (Å²) in [6.45, 7) is 1.37. The minimum Gasteiger partial charge on any atom is -0.394 e. The van der Waals surface area contributed by atoms with Crippen molar-refractivity contribution in [2.24, 2.45) is 0 Å². The van der Waals surface area contributed by atoms with Crippen LogP contribution in [0.5, 0.6) is 0 Å². The van der Waals surface area contributed by atoms with Gasteiger partial charge in [0.15, 0.2) is 5.69 Å². The maximum Gasteiger partial charge on any atom is 0.276 e. The van der Waals surface area contributed by atoms with Crippen LogP contribution in [0.2, 0.25) is 0 Å². The Kier molecular flexibility index (Phi) is 4.08. The number of aliphatic hydroxyl groups is 1. The molecule has 0 aliphatic carbocycles. The summed E-state index contributed by atoms with van der Waals surface area (Å²) in [4.78, 5) is 13.7. The Bertz CT molecular complexity index is 714. The molecule has 1 fully saturated rings. The molecule has 2 heterocycles. The van der Waals surface area contributed by atoms with Crippen molar-refractivity contribution in [2.75, 3.05) is 13.2 Å². The quantitative estimate of drug-likeness (QED) is 0.923. The summed E-state index contributed by atoms with van der Waals surface area (Å²) in [5.41, 5.74) is 1.18. The average Bonchev–Trinajstić information content (AvgIpc) is 3.12. The van der Waals surface area contributed by atoms with E-state index in [2.05, 4.69) is 10.3 Å². The lowest BCUT2D eigenvalue weighted by Crippen LogP contribution is -2.38. The van der Waals surface area contributed by atoms with Crippen LogP contribution in [0.3, 0.4) is 0 Å². The van der Waals surface area contributed by atoms with Crippen LogP contribution >= 0.6 is 0 Å². The van der Waals surface area contributed by atoms with Crippen molar-refractivity contribution < 1.29 is 18.7 Å². The smallest absolute Gasteiger partial charge is 0.276 e. The molecule has 0 radical (unpaired) electrons. The van der Waals surface area contributed by atoms with Crippen LogP contribution in [0.25, 0.3) is 5.69 Å². The molecule has 122 valence electrons. The molecule has 2 atom stereocenters. The Morgan fingerprint density at radius 2 is 2.22 bits per heavy atom. The molecule has 6 nitrogen and oxygen atoms in total. The number of amides is 1. The molecular weight excluding hydrogens is 306 g/mol. The van der Waals surface area contributed by atoms with E-state index in [0.717, 1.165) is 0 Å². The number of aromatic nitrogens is 3. The van der Waals surface area contributed by atoms with Crippen LogP contribution in [0.15, 0.2) is 24.4 Å². The predicted molar refractivity (Wildman–Crippen MR) is 77.5 cm³/mol. The van der Waals surface area contributed by atoms with E-state index in [0.29, 0.717) is 11.3 Å². The van der Waals surface area contributed by atoms with Gasteiger partial charge in [0.1, 0.15) is 12.0 Å². The van der Waals surface area contributed by atoms with Crippen LogP contribution < -0.4 is 0 Å². The molecule has 0 saturated carbocycles. The molecule has 2 aromatic rings. The van der Waals surface area contributed by atoms with E-state index < -0.39 is 23.9 Å². The topological polar surface area (TPSA) is 71.2 Å². The van der Waals surface area contributed by atoms with E-state index >= 15 is 0 Å². The molecular formula is C15H16F2N4O2. The first kappa shape index (κ1) is 15.5. The highest BCUT2D eigenvalue weighted by molar-refractivity contribution is 5.92. The van der Waals surface area contributed by atoms with Crippen LogP contribution in [0.1, 0.15) is 22.5 Å². The second-order valence-electron chi connectivity index (χ2n) is 5.66. The summed E-state index contributed by atoms with van der Waals surface area (Å²) < 4.78 is 28.2. The number of aryl methyl sites for hydroxylation is 1. The zero-order valence-corrected chi connectivity index (χ0v) is 12.5. The van der Waals surface area contributed by atoms with Gasteiger partial charge >= 0.3 is 0 Å². The number of halogens is 2. The van der Waals surface area contributed by atoms with Gasteiger partial charge in [0.2, 0.25) is 0 Å². The number of benzene rings is 1. The van der Waals surface area contributed by atoms with Crippen LogP contribution in [0, 0.1) is 12.7 Å². The largest absolute Gasteiger partial charge is 0.394 e. The lowest BCUT2D eigenvalue weighted by molar-refractivity contribution is 0.0667. The summed E-state index contributed by atoms with van der Waals surface area (Å²) in [5.74, 6) is -0.910. The van der Waals surface area contributed by atoms with E-state index in [9.17, 15) is 18.7 Å². The fraction of sp³-hybridized carbons (Fsp3) is 0.400. The van der Waals surface area contributed by atoms with Gasteiger partial charge in [-0.3, -0.25) is 4.79 Å².